The Kier molecular flexibility index (Phi) is 3.78. The minimum atomic E-state index is -0.217. The van der Waals surface area contributed by atoms with E-state index in [-0.39, 0.29) is 5.91 Å². The van der Waals surface area contributed by atoms with E-state index in [1.54, 1.807) is 24.6 Å². The highest BCUT2D eigenvalue weighted by atomic mass is 16.3. The van der Waals surface area contributed by atoms with Crippen LogP contribution in [0.4, 0.5) is 0 Å². The zero-order valence-electron chi connectivity index (χ0n) is 11.3. The summed E-state index contributed by atoms with van der Waals surface area (Å²) in [5.74, 6) is 0.496. The summed E-state index contributed by atoms with van der Waals surface area (Å²) in [5.41, 5.74) is 2.45. The highest BCUT2D eigenvalue weighted by Gasteiger charge is 2.08. The van der Waals surface area contributed by atoms with Crippen LogP contribution in [-0.2, 0) is 6.54 Å². The van der Waals surface area contributed by atoms with Gasteiger partial charge in [-0.2, -0.15) is 0 Å². The second kappa shape index (κ2) is 6.05. The van der Waals surface area contributed by atoms with Crippen LogP contribution in [0.5, 0.6) is 0 Å². The van der Waals surface area contributed by atoms with Gasteiger partial charge in [-0.05, 0) is 23.8 Å². The number of carbonyl (C=O) groups is 1. The number of furan rings is 1. The Balaban J connectivity index is 1.67. The Bertz CT molecular complexity index is 704. The number of benzene rings is 1. The summed E-state index contributed by atoms with van der Waals surface area (Å²) in [6.45, 7) is 0.355. The maximum absolute atomic E-state index is 12.0. The van der Waals surface area contributed by atoms with Crippen molar-refractivity contribution < 1.29 is 9.21 Å². The molecule has 0 aliphatic heterocycles. The van der Waals surface area contributed by atoms with E-state index in [0.717, 1.165) is 11.1 Å². The first-order valence-electron chi connectivity index (χ1n) is 6.65. The molecule has 2 heterocycles. The summed E-state index contributed by atoms with van der Waals surface area (Å²) in [6.07, 6.45) is 3.28. The molecule has 2 aromatic heterocycles. The molecule has 104 valence electrons. The van der Waals surface area contributed by atoms with Crippen molar-refractivity contribution in [3.8, 4) is 11.1 Å². The van der Waals surface area contributed by atoms with Crippen LogP contribution in [-0.4, -0.2) is 10.9 Å². The minimum Gasteiger partial charge on any atom is -0.467 e. The molecule has 1 aromatic carbocycles. The van der Waals surface area contributed by atoms with E-state index < -0.39 is 0 Å². The fourth-order valence-corrected chi connectivity index (χ4v) is 2.00. The quantitative estimate of drug-likeness (QED) is 0.797. The normalized spacial score (nSPS) is 10.3. The molecule has 0 spiro atoms. The fourth-order valence-electron chi connectivity index (χ4n) is 2.00. The summed E-state index contributed by atoms with van der Waals surface area (Å²) >= 11 is 0. The smallest absolute Gasteiger partial charge is 0.270 e. The minimum absolute atomic E-state index is 0.217. The number of nitrogens with one attached hydrogen (secondary N) is 1. The van der Waals surface area contributed by atoms with Crippen molar-refractivity contribution in [2.45, 2.75) is 6.54 Å². The SMILES string of the molecule is O=C(NCc1ccco1)c1ccc(-c2ccccc2)cn1. The van der Waals surface area contributed by atoms with Crippen molar-refractivity contribution in [2.24, 2.45) is 0 Å². The maximum Gasteiger partial charge on any atom is 0.270 e. The topological polar surface area (TPSA) is 55.1 Å². The van der Waals surface area contributed by atoms with Gasteiger partial charge < -0.3 is 9.73 Å². The van der Waals surface area contributed by atoms with Crippen LogP contribution in [0.2, 0.25) is 0 Å². The lowest BCUT2D eigenvalue weighted by atomic mass is 10.1. The first kappa shape index (κ1) is 13.1. The number of nitrogens with zero attached hydrogens (tertiary/aromatic N) is 1. The lowest BCUT2D eigenvalue weighted by Gasteiger charge is -2.04. The molecule has 0 radical (unpaired) electrons. The molecule has 0 fully saturated rings. The Hall–Kier alpha value is -2.88. The lowest BCUT2D eigenvalue weighted by Crippen LogP contribution is -2.23. The van der Waals surface area contributed by atoms with Gasteiger partial charge >= 0.3 is 0 Å². The van der Waals surface area contributed by atoms with E-state index in [4.69, 9.17) is 4.42 Å². The summed E-state index contributed by atoms with van der Waals surface area (Å²) in [7, 11) is 0. The molecule has 4 heteroatoms. The molecule has 3 rings (SSSR count). The number of aromatic nitrogens is 1. The molecule has 1 N–H and O–H groups in total. The molecule has 0 saturated carbocycles. The first-order valence-corrected chi connectivity index (χ1v) is 6.65. The molecule has 0 aliphatic rings. The van der Waals surface area contributed by atoms with Crippen LogP contribution in [0, 0.1) is 0 Å². The number of hydrogen-bond donors (Lipinski definition) is 1. The third kappa shape index (κ3) is 3.17. The van der Waals surface area contributed by atoms with Crippen molar-refractivity contribution in [1.29, 1.82) is 0 Å². The van der Waals surface area contributed by atoms with E-state index in [2.05, 4.69) is 10.3 Å². The lowest BCUT2D eigenvalue weighted by molar-refractivity contribution is 0.0943. The maximum atomic E-state index is 12.0. The summed E-state index contributed by atoms with van der Waals surface area (Å²) in [5, 5.41) is 2.77. The van der Waals surface area contributed by atoms with Gasteiger partial charge in [0.05, 0.1) is 12.8 Å². The zero-order chi connectivity index (χ0) is 14.5. The second-order valence-electron chi connectivity index (χ2n) is 4.56. The van der Waals surface area contributed by atoms with E-state index in [9.17, 15) is 4.79 Å². The highest BCUT2D eigenvalue weighted by molar-refractivity contribution is 5.92. The first-order chi connectivity index (χ1) is 10.3. The monoisotopic (exact) mass is 278 g/mol. The summed E-state index contributed by atoms with van der Waals surface area (Å²) < 4.78 is 5.16. The van der Waals surface area contributed by atoms with Crippen molar-refractivity contribution in [3.63, 3.8) is 0 Å². The van der Waals surface area contributed by atoms with Gasteiger partial charge in [0.1, 0.15) is 11.5 Å². The molecule has 21 heavy (non-hydrogen) atoms. The van der Waals surface area contributed by atoms with E-state index in [1.165, 1.54) is 0 Å². The zero-order valence-corrected chi connectivity index (χ0v) is 11.3. The van der Waals surface area contributed by atoms with Crippen LogP contribution in [0.3, 0.4) is 0 Å². The highest BCUT2D eigenvalue weighted by Crippen LogP contribution is 2.17. The molecule has 0 aliphatic carbocycles. The predicted octanol–water partition coefficient (Wildman–Crippen LogP) is 3.27. The molecular weight excluding hydrogens is 264 g/mol. The van der Waals surface area contributed by atoms with Crippen molar-refractivity contribution >= 4 is 5.91 Å². The standard InChI is InChI=1S/C17H14N2O2/c20-17(19-12-15-7-4-10-21-15)16-9-8-14(11-18-16)13-5-2-1-3-6-13/h1-11H,12H2,(H,19,20). The Labute approximate surface area is 122 Å². The third-order valence-electron chi connectivity index (χ3n) is 3.11. The van der Waals surface area contributed by atoms with Gasteiger partial charge in [0.25, 0.3) is 5.91 Å². The number of carbonyl (C=O) groups excluding carboxylic acids is 1. The third-order valence-corrected chi connectivity index (χ3v) is 3.11. The molecule has 4 nitrogen and oxygen atoms in total. The molecule has 0 saturated heterocycles. The molecule has 1 amide bonds. The number of amides is 1. The van der Waals surface area contributed by atoms with Gasteiger partial charge in [0.15, 0.2) is 0 Å². The van der Waals surface area contributed by atoms with Crippen LogP contribution < -0.4 is 5.32 Å². The van der Waals surface area contributed by atoms with Gasteiger partial charge in [0, 0.05) is 11.8 Å². The van der Waals surface area contributed by atoms with Crippen LogP contribution in [0.15, 0.2) is 71.5 Å². The van der Waals surface area contributed by atoms with E-state index >= 15 is 0 Å². The van der Waals surface area contributed by atoms with Crippen LogP contribution in [0.25, 0.3) is 11.1 Å². The Morgan fingerprint density at radius 1 is 1.00 bits per heavy atom. The van der Waals surface area contributed by atoms with E-state index in [1.807, 2.05) is 42.5 Å². The average Bonchev–Trinajstić information content (AvgIpc) is 3.07. The second-order valence-corrected chi connectivity index (χ2v) is 4.56. The van der Waals surface area contributed by atoms with Gasteiger partial charge in [-0.3, -0.25) is 9.78 Å². The van der Waals surface area contributed by atoms with E-state index in [0.29, 0.717) is 18.0 Å². The van der Waals surface area contributed by atoms with Crippen molar-refractivity contribution in [1.82, 2.24) is 10.3 Å². The summed E-state index contributed by atoms with van der Waals surface area (Å²) in [6, 6.07) is 17.1. The number of pyridine rings is 1. The number of rotatable bonds is 4. The van der Waals surface area contributed by atoms with Crippen molar-refractivity contribution in [2.75, 3.05) is 0 Å². The molecular formula is C17H14N2O2. The Morgan fingerprint density at radius 2 is 1.86 bits per heavy atom. The van der Waals surface area contributed by atoms with Crippen LogP contribution in [0.1, 0.15) is 16.2 Å². The Morgan fingerprint density at radius 3 is 2.52 bits per heavy atom. The van der Waals surface area contributed by atoms with Crippen molar-refractivity contribution in [3.05, 3.63) is 78.5 Å². The van der Waals surface area contributed by atoms with Gasteiger partial charge in [-0.1, -0.05) is 36.4 Å². The fraction of sp³-hybridized carbons (Fsp3) is 0.0588. The number of hydrogen-bond acceptors (Lipinski definition) is 3. The van der Waals surface area contributed by atoms with Gasteiger partial charge in [-0.15, -0.1) is 0 Å². The predicted molar refractivity (Wildman–Crippen MR) is 79.6 cm³/mol. The largest absolute Gasteiger partial charge is 0.467 e. The summed E-state index contributed by atoms with van der Waals surface area (Å²) in [4.78, 5) is 16.2. The molecule has 0 atom stereocenters. The molecule has 0 bridgehead atoms. The van der Waals surface area contributed by atoms with Crippen LogP contribution >= 0.6 is 0 Å². The molecule has 0 unspecified atom stereocenters. The van der Waals surface area contributed by atoms with Gasteiger partial charge in [-0.25, -0.2) is 0 Å². The average molecular weight is 278 g/mol. The van der Waals surface area contributed by atoms with Gasteiger partial charge in [0.2, 0.25) is 0 Å². The molecule has 3 aromatic rings.